The summed E-state index contributed by atoms with van der Waals surface area (Å²) in [6, 6.07) is 5.71. The average Bonchev–Trinajstić information content (AvgIpc) is 2.56. The third-order valence-electron chi connectivity index (χ3n) is 2.90. The van der Waals surface area contributed by atoms with Gasteiger partial charge in [-0.25, -0.2) is 16.8 Å². The molecule has 0 radical (unpaired) electrons. The quantitative estimate of drug-likeness (QED) is 0.246. The van der Waals surface area contributed by atoms with Crippen molar-refractivity contribution in [2.75, 3.05) is 0 Å². The molecule has 0 spiro atoms. The molecule has 0 aliphatic heterocycles. The maximum absolute atomic E-state index is 10.7. The average molecular weight is 502 g/mol. The molecular formula is C16H14CaO12S2. The number of ether oxygens (including phenoxy) is 2. The third-order valence-corrected chi connectivity index (χ3v) is 4.62. The Hall–Kier alpha value is -1.94. The molecule has 2 aromatic carbocycles. The van der Waals surface area contributed by atoms with E-state index in [-0.39, 0.29) is 37.7 Å². The first-order valence-electron chi connectivity index (χ1n) is 7.56. The largest absolute Gasteiger partial charge is 2.00 e. The second-order valence-electron chi connectivity index (χ2n) is 5.36. The number of esters is 2. The molecule has 0 fully saturated rings. The van der Waals surface area contributed by atoms with Gasteiger partial charge < -0.3 is 28.8 Å². The molecule has 0 bridgehead atoms. The van der Waals surface area contributed by atoms with Gasteiger partial charge in [0.2, 0.25) is 0 Å². The molecule has 0 aliphatic rings. The van der Waals surface area contributed by atoms with Crippen molar-refractivity contribution < 1.29 is 55.2 Å². The first-order valence-corrected chi connectivity index (χ1v) is 10.4. The monoisotopic (exact) mass is 502 g/mol. The first-order chi connectivity index (χ1) is 13.6. The molecule has 164 valence electrons. The van der Waals surface area contributed by atoms with E-state index >= 15 is 0 Å². The smallest absolute Gasteiger partial charge is 0.744 e. The van der Waals surface area contributed by atoms with Crippen LogP contribution >= 0.6 is 0 Å². The number of phenols is 2. The van der Waals surface area contributed by atoms with E-state index in [0.29, 0.717) is 0 Å². The van der Waals surface area contributed by atoms with Crippen molar-refractivity contribution in [3.63, 3.8) is 0 Å². The topological polar surface area (TPSA) is 207 Å². The van der Waals surface area contributed by atoms with E-state index in [1.54, 1.807) is 0 Å². The predicted molar refractivity (Wildman–Crippen MR) is 101 cm³/mol. The summed E-state index contributed by atoms with van der Waals surface area (Å²) in [4.78, 5) is 19.7. The van der Waals surface area contributed by atoms with E-state index in [2.05, 4.69) is 9.47 Å². The Morgan fingerprint density at radius 1 is 0.742 bits per heavy atom. The third kappa shape index (κ3) is 9.82. The van der Waals surface area contributed by atoms with E-state index < -0.39 is 65.0 Å². The molecule has 12 nitrogen and oxygen atoms in total. The number of benzene rings is 2. The van der Waals surface area contributed by atoms with Gasteiger partial charge in [-0.05, 0) is 24.3 Å². The van der Waals surface area contributed by atoms with Crippen LogP contribution in [0.25, 0.3) is 0 Å². The van der Waals surface area contributed by atoms with Crippen LogP contribution in [-0.4, -0.2) is 85.8 Å². The van der Waals surface area contributed by atoms with Crippen LogP contribution in [0.2, 0.25) is 0 Å². The Bertz CT molecular complexity index is 1080. The molecular weight excluding hydrogens is 488 g/mol. The van der Waals surface area contributed by atoms with Gasteiger partial charge in [0.15, 0.2) is 0 Å². The molecule has 0 heterocycles. The van der Waals surface area contributed by atoms with Gasteiger partial charge in [0, 0.05) is 26.0 Å². The second-order valence-corrected chi connectivity index (χ2v) is 8.05. The molecule has 0 unspecified atom stereocenters. The minimum Gasteiger partial charge on any atom is -0.744 e. The molecule has 0 aromatic heterocycles. The zero-order valence-electron chi connectivity index (χ0n) is 16.0. The van der Waals surface area contributed by atoms with Gasteiger partial charge in [-0.1, -0.05) is 0 Å². The summed E-state index contributed by atoms with van der Waals surface area (Å²) in [5, 5.41) is 18.0. The Morgan fingerprint density at radius 3 is 1.26 bits per heavy atom. The zero-order chi connectivity index (χ0) is 23.3. The zero-order valence-corrected chi connectivity index (χ0v) is 19.8. The van der Waals surface area contributed by atoms with E-state index in [1.807, 2.05) is 0 Å². The SMILES string of the molecule is CC(=O)Oc1ccc(O)cc1S(=O)(=O)[O-].CC(=O)Oc1ccc(O)cc1S(=O)(=O)[O-].[Ca+2]. The maximum Gasteiger partial charge on any atom is 2.00 e. The molecule has 15 heteroatoms. The molecule has 31 heavy (non-hydrogen) atoms. The van der Waals surface area contributed by atoms with Crippen molar-refractivity contribution in [3.8, 4) is 23.0 Å². The van der Waals surface area contributed by atoms with Crippen LogP contribution in [0.1, 0.15) is 13.8 Å². The van der Waals surface area contributed by atoms with E-state index in [4.69, 9.17) is 10.2 Å². The molecule has 0 saturated carbocycles. The number of phenolic OH excluding ortho intramolecular Hbond substituents is 2. The minimum absolute atomic E-state index is 0. The number of rotatable bonds is 4. The summed E-state index contributed by atoms with van der Waals surface area (Å²) >= 11 is 0. The van der Waals surface area contributed by atoms with Crippen LogP contribution in [0.15, 0.2) is 46.2 Å². The van der Waals surface area contributed by atoms with Gasteiger partial charge in [0.05, 0.1) is 0 Å². The van der Waals surface area contributed by atoms with Crippen LogP contribution in [0.4, 0.5) is 0 Å². The van der Waals surface area contributed by atoms with Gasteiger partial charge in [-0.2, -0.15) is 0 Å². The molecule has 0 saturated heterocycles. The van der Waals surface area contributed by atoms with Crippen LogP contribution in [0, 0.1) is 0 Å². The van der Waals surface area contributed by atoms with Crippen molar-refractivity contribution in [2.45, 2.75) is 23.6 Å². The van der Waals surface area contributed by atoms with Crippen molar-refractivity contribution >= 4 is 69.9 Å². The van der Waals surface area contributed by atoms with E-state index in [1.165, 1.54) is 0 Å². The summed E-state index contributed by atoms with van der Waals surface area (Å²) in [5.41, 5.74) is 0. The molecule has 0 atom stereocenters. The van der Waals surface area contributed by atoms with Gasteiger partial charge in [-0.3, -0.25) is 9.59 Å². The fourth-order valence-electron chi connectivity index (χ4n) is 1.86. The number of hydrogen-bond donors (Lipinski definition) is 2. The second kappa shape index (κ2) is 11.6. The van der Waals surface area contributed by atoms with Crippen molar-refractivity contribution in [3.05, 3.63) is 36.4 Å². The van der Waals surface area contributed by atoms with Crippen molar-refractivity contribution in [1.82, 2.24) is 0 Å². The fourth-order valence-corrected chi connectivity index (χ4v) is 3.10. The number of carbonyl (C=O) groups is 2. The summed E-state index contributed by atoms with van der Waals surface area (Å²) in [6.07, 6.45) is 0. The molecule has 0 amide bonds. The van der Waals surface area contributed by atoms with Crippen molar-refractivity contribution in [1.29, 1.82) is 0 Å². The van der Waals surface area contributed by atoms with Crippen LogP contribution in [0.5, 0.6) is 23.0 Å². The Balaban J connectivity index is 0.000000562. The first kappa shape index (κ1) is 29.1. The summed E-state index contributed by atoms with van der Waals surface area (Å²) in [5.74, 6) is -3.11. The van der Waals surface area contributed by atoms with Crippen molar-refractivity contribution in [2.24, 2.45) is 0 Å². The number of aromatic hydroxyl groups is 2. The van der Waals surface area contributed by atoms with Gasteiger partial charge in [-0.15, -0.1) is 0 Å². The Morgan fingerprint density at radius 2 is 1.03 bits per heavy atom. The van der Waals surface area contributed by atoms with Gasteiger partial charge in [0.1, 0.15) is 53.0 Å². The number of hydrogen-bond acceptors (Lipinski definition) is 12. The summed E-state index contributed by atoms with van der Waals surface area (Å²) in [7, 11) is -9.58. The minimum atomic E-state index is -4.79. The normalized spacial score (nSPS) is 10.7. The summed E-state index contributed by atoms with van der Waals surface area (Å²) < 4.78 is 73.4. The van der Waals surface area contributed by atoms with Crippen LogP contribution < -0.4 is 9.47 Å². The molecule has 2 N–H and O–H groups in total. The summed E-state index contributed by atoms with van der Waals surface area (Å²) in [6.45, 7) is 2.13. The predicted octanol–water partition coefficient (Wildman–Crippen LogP) is 0.0624. The Labute approximate surface area is 206 Å². The van der Waals surface area contributed by atoms with E-state index in [0.717, 1.165) is 50.2 Å². The van der Waals surface area contributed by atoms with Crippen LogP contribution in [0.3, 0.4) is 0 Å². The van der Waals surface area contributed by atoms with Gasteiger partial charge in [0.25, 0.3) is 0 Å². The molecule has 2 rings (SSSR count). The number of carbonyl (C=O) groups excluding carboxylic acids is 2. The fraction of sp³-hybridized carbons (Fsp3) is 0.125. The van der Waals surface area contributed by atoms with Gasteiger partial charge >= 0.3 is 49.7 Å². The van der Waals surface area contributed by atoms with Crippen LogP contribution in [-0.2, 0) is 29.8 Å². The standard InChI is InChI=1S/2C8H8O6S.Ca/c2*1-5(9)14-7-3-2-6(10)4-8(7)15(11,12)13;/h2*2-4,10H,1H3,(H,11,12,13);/q;;+2/p-2. The Kier molecular flexibility index (Phi) is 10.9. The molecule has 0 aliphatic carbocycles. The van der Waals surface area contributed by atoms with E-state index in [9.17, 15) is 35.5 Å². The molecule has 2 aromatic rings. The maximum atomic E-state index is 10.7.